The van der Waals surface area contributed by atoms with Crippen LogP contribution in [0.4, 0.5) is 0 Å². The van der Waals surface area contributed by atoms with Gasteiger partial charge in [0.1, 0.15) is 40.6 Å². The Kier molecular flexibility index (Phi) is 20.9. The van der Waals surface area contributed by atoms with E-state index in [2.05, 4.69) is 52.3 Å². The molecule has 416 valence electrons. The zero-order valence-corrected chi connectivity index (χ0v) is 46.6. The minimum absolute atomic E-state index is 0.000151. The summed E-state index contributed by atoms with van der Waals surface area (Å²) < 4.78 is 13.6. The molecule has 2 aliphatic rings. The van der Waals surface area contributed by atoms with Crippen LogP contribution >= 0.6 is 23.2 Å². The van der Waals surface area contributed by atoms with Crippen molar-refractivity contribution in [3.63, 3.8) is 0 Å². The molecule has 23 nitrogen and oxygen atoms in total. The van der Waals surface area contributed by atoms with Crippen molar-refractivity contribution in [1.29, 1.82) is 0 Å². The molecule has 25 heteroatoms. The van der Waals surface area contributed by atoms with Crippen LogP contribution in [0.5, 0.6) is 11.5 Å². The van der Waals surface area contributed by atoms with Crippen LogP contribution in [0, 0.1) is 13.8 Å². The van der Waals surface area contributed by atoms with Gasteiger partial charge in [-0.25, -0.2) is 34.1 Å². The van der Waals surface area contributed by atoms with Gasteiger partial charge in [0.15, 0.2) is 11.6 Å². The number of fused-ring (bicyclic) bond motifs is 2. The number of aliphatic carboxylic acids is 1. The number of nitrogens with one attached hydrogen (secondary N) is 3. The van der Waals surface area contributed by atoms with E-state index in [1.54, 1.807) is 37.8 Å². The van der Waals surface area contributed by atoms with Crippen LogP contribution in [0.25, 0.3) is 33.4 Å². The Morgan fingerprint density at radius 2 is 1.10 bits per heavy atom. The van der Waals surface area contributed by atoms with Gasteiger partial charge < -0.3 is 44.6 Å². The Hall–Kier alpha value is -8.54. The van der Waals surface area contributed by atoms with Crippen molar-refractivity contribution in [3.05, 3.63) is 132 Å². The third-order valence-corrected chi connectivity index (χ3v) is 12.3. The zero-order chi connectivity index (χ0) is 57.5. The van der Waals surface area contributed by atoms with Crippen molar-refractivity contribution >= 4 is 80.3 Å². The molecule has 0 unspecified atom stereocenters. The molecule has 3 amide bonds. The molecule has 0 bridgehead atoms. The van der Waals surface area contributed by atoms with E-state index in [1.807, 2.05) is 74.2 Å². The summed E-state index contributed by atoms with van der Waals surface area (Å²) in [4.78, 5) is 102. The van der Waals surface area contributed by atoms with E-state index in [4.69, 9.17) is 37.8 Å². The Bertz CT molecular complexity index is 3400. The number of halogens is 2. The number of carbonyl (C=O) groups excluding carboxylic acids is 5. The average Bonchev–Trinajstić information content (AvgIpc) is 4.51. The molecule has 2 atom stereocenters. The van der Waals surface area contributed by atoms with E-state index in [0.717, 1.165) is 25.2 Å². The van der Waals surface area contributed by atoms with Crippen LogP contribution in [-0.2, 0) is 9.59 Å². The Morgan fingerprint density at radius 3 is 1.49 bits per heavy atom. The smallest absolute Gasteiger partial charge is 0.377 e. The molecule has 2 aliphatic heterocycles. The van der Waals surface area contributed by atoms with E-state index >= 15 is 0 Å². The van der Waals surface area contributed by atoms with E-state index in [0.29, 0.717) is 68.7 Å². The number of ether oxygens (including phenoxy) is 2. The summed E-state index contributed by atoms with van der Waals surface area (Å²) in [5.41, 5.74) is 2.50. The number of benzene rings is 2. The van der Waals surface area contributed by atoms with Gasteiger partial charge >= 0.3 is 5.97 Å². The van der Waals surface area contributed by atoms with Crippen molar-refractivity contribution in [1.82, 2.24) is 69.5 Å². The number of aromatic nitrogens is 10. The van der Waals surface area contributed by atoms with Crippen molar-refractivity contribution in [3.8, 4) is 23.1 Å². The van der Waals surface area contributed by atoms with Crippen LogP contribution in [-0.4, -0.2) is 175 Å². The topological polar surface area (TPSA) is 282 Å². The molecule has 0 aliphatic carbocycles. The van der Waals surface area contributed by atoms with Gasteiger partial charge in [-0.15, -0.1) is 23.2 Å². The number of carboxylic acid groups (broad SMARTS) is 1. The van der Waals surface area contributed by atoms with Gasteiger partial charge in [0.25, 0.3) is 29.3 Å². The van der Waals surface area contributed by atoms with E-state index < -0.39 is 23.4 Å². The lowest BCUT2D eigenvalue weighted by molar-refractivity contribution is -0.132. The summed E-state index contributed by atoms with van der Waals surface area (Å²) >= 11 is 10.1. The van der Waals surface area contributed by atoms with Crippen molar-refractivity contribution in [2.75, 3.05) is 53.5 Å². The maximum atomic E-state index is 13.4. The summed E-state index contributed by atoms with van der Waals surface area (Å²) in [7, 11) is 2.89. The highest BCUT2D eigenvalue weighted by Crippen LogP contribution is 2.33. The van der Waals surface area contributed by atoms with Crippen LogP contribution < -0.4 is 14.8 Å². The molecule has 6 aromatic heterocycles. The van der Waals surface area contributed by atoms with Gasteiger partial charge in [0.05, 0.1) is 59.5 Å². The predicted molar refractivity (Wildman–Crippen MR) is 297 cm³/mol. The minimum atomic E-state index is -1.54. The lowest BCUT2D eigenvalue weighted by atomic mass is 10.1. The summed E-state index contributed by atoms with van der Waals surface area (Å²) in [6.45, 7) is 16.6. The number of aromatic amines is 2. The fraction of sp³-hybridized carbons (Fsp3) is 0.333. The lowest BCUT2D eigenvalue weighted by Gasteiger charge is -2.39. The third kappa shape index (κ3) is 14.2. The molecule has 2 fully saturated rings. The van der Waals surface area contributed by atoms with Gasteiger partial charge in [-0.3, -0.25) is 24.0 Å². The minimum Gasteiger partial charge on any atom is -0.494 e. The molecular weight excluding hydrogens is 1060 g/mol. The molecular formula is C54H62Cl2N14O9. The van der Waals surface area contributed by atoms with Crippen LogP contribution in [0.15, 0.2) is 98.1 Å². The lowest BCUT2D eigenvalue weighted by Crippen LogP contribution is -2.56. The number of carboxylic acids is 1. The maximum Gasteiger partial charge on any atom is 0.377 e. The predicted octanol–water partition coefficient (Wildman–Crippen LogP) is 6.70. The zero-order valence-electron chi connectivity index (χ0n) is 45.1. The fourth-order valence-electron chi connectivity index (χ4n) is 8.57. The quantitative estimate of drug-likeness (QED) is 0.0630. The third-order valence-electron chi connectivity index (χ3n) is 12.3. The van der Waals surface area contributed by atoms with Crippen LogP contribution in [0.2, 0.25) is 0 Å². The SMILES string of the molecule is CC.CC(Cl)Cl.COc1cnc(-n2cnc(C)n2)c2[nH]cc(C(=O)C(=O)N3CCN(C(=O)c4ccccc4)[C@H](C)C3)c12.COc1cnc(-n2cnc(C)n2)c2[nH]cc(C(=O)C(=O)O)c12.C[C@@H]1CNCCN1C(=O)c1ccccc1. The first-order chi connectivity index (χ1) is 37.9. The number of alkyl halides is 2. The monoisotopic (exact) mass is 1120 g/mol. The highest BCUT2D eigenvalue weighted by molar-refractivity contribution is 6.45. The number of rotatable bonds is 10. The first-order valence-electron chi connectivity index (χ1n) is 25.1. The Balaban J connectivity index is 0.000000199. The number of hydrogen-bond donors (Lipinski definition) is 4. The first-order valence-corrected chi connectivity index (χ1v) is 26.0. The second kappa shape index (κ2) is 27.7. The van der Waals surface area contributed by atoms with E-state index in [1.165, 1.54) is 65.9 Å². The van der Waals surface area contributed by atoms with Gasteiger partial charge in [-0.2, -0.15) is 10.2 Å². The number of aryl methyl sites for hydroxylation is 2. The molecule has 0 saturated carbocycles. The largest absolute Gasteiger partial charge is 0.494 e. The number of hydrogen-bond acceptors (Lipinski definition) is 15. The fourth-order valence-corrected chi connectivity index (χ4v) is 8.57. The van der Waals surface area contributed by atoms with Gasteiger partial charge in [0.2, 0.25) is 0 Å². The summed E-state index contributed by atoms with van der Waals surface area (Å²) in [6, 6.07) is 18.5. The standard InChI is InChI=1S/C25H25N7O4.C13H11N5O4.C12H16N2O.C2H4Cl2.C2H6/c1-15-13-30(9-10-31(15)24(34)17-7-5-4-6-8-17)25(35)22(33)18-11-26-21-20(18)19(36-3)12-27-23(21)32-14-28-16(2)29-32;1-6-16-5-18(17-6)12-10-9(8(22-2)4-15-12)7(3-14-10)11(19)13(20)21;1-10-9-13-7-8-14(10)12(15)11-5-3-2-4-6-11;1-2(3)4;1-2/h4-8,11-12,14-15,26H,9-10,13H2,1-3H3;3-5,14H,1-2H3,(H,20,21);2-6,10,13H,7-9H2,1H3;2H,1H3;1-2H3/t15-;;10-;;/m1.1../s1. The van der Waals surface area contributed by atoms with Crippen molar-refractivity contribution in [2.45, 2.75) is 65.4 Å². The summed E-state index contributed by atoms with van der Waals surface area (Å²) in [6.07, 6.45) is 8.69. The second-order valence-corrected chi connectivity index (χ2v) is 19.1. The number of Topliss-reactive ketones (excluding diaryl/α,β-unsaturated/α-hetero) is 2. The number of ketones is 2. The van der Waals surface area contributed by atoms with Crippen LogP contribution in [0.1, 0.15) is 87.7 Å². The summed E-state index contributed by atoms with van der Waals surface area (Å²) in [5.74, 6) is -1.23. The number of methoxy groups -OCH3 is 2. The maximum absolute atomic E-state index is 13.4. The molecule has 8 heterocycles. The normalized spacial score (nSPS) is 14.8. The Labute approximate surface area is 465 Å². The number of piperazine rings is 2. The van der Waals surface area contributed by atoms with E-state index in [9.17, 15) is 28.8 Å². The van der Waals surface area contributed by atoms with E-state index in [-0.39, 0.29) is 53.0 Å². The first kappa shape index (κ1) is 59.7. The molecule has 2 aromatic carbocycles. The summed E-state index contributed by atoms with van der Waals surface area (Å²) in [5, 5.41) is 21.4. The number of carbonyl (C=O) groups is 6. The highest BCUT2D eigenvalue weighted by Gasteiger charge is 2.35. The number of H-pyrrole nitrogens is 2. The van der Waals surface area contributed by atoms with Gasteiger partial charge in [-0.1, -0.05) is 50.2 Å². The molecule has 8 aromatic rings. The number of nitrogens with zero attached hydrogens (tertiary/aromatic N) is 11. The van der Waals surface area contributed by atoms with Gasteiger partial charge in [0, 0.05) is 74.9 Å². The van der Waals surface area contributed by atoms with Crippen molar-refractivity contribution in [2.24, 2.45) is 0 Å². The number of amides is 3. The van der Waals surface area contributed by atoms with Crippen LogP contribution in [0.3, 0.4) is 0 Å². The Morgan fingerprint density at radius 1 is 0.658 bits per heavy atom. The number of pyridine rings is 2. The molecule has 10 rings (SSSR count). The molecule has 4 N–H and O–H groups in total. The average molecular weight is 1120 g/mol. The molecule has 0 spiro atoms. The molecule has 0 radical (unpaired) electrons. The molecule has 79 heavy (non-hydrogen) atoms. The highest BCUT2D eigenvalue weighted by atomic mass is 35.5. The second-order valence-electron chi connectivity index (χ2n) is 17.5. The molecule has 2 saturated heterocycles. The van der Waals surface area contributed by atoms with Crippen molar-refractivity contribution < 1.29 is 43.3 Å². The van der Waals surface area contributed by atoms with Gasteiger partial charge in [-0.05, 0) is 58.9 Å².